The first-order valence-electron chi connectivity index (χ1n) is 5.75. The highest BCUT2D eigenvalue weighted by Crippen LogP contribution is 2.42. The number of aliphatic hydroxyl groups excluding tert-OH is 2. The fraction of sp³-hybridized carbons (Fsp3) is 0.500. The van der Waals surface area contributed by atoms with Crippen LogP contribution in [-0.4, -0.2) is 36.6 Å². The van der Waals surface area contributed by atoms with Gasteiger partial charge in [-0.15, -0.1) is 0 Å². The highest BCUT2D eigenvalue weighted by atomic mass is 79.9. The number of aliphatic hydroxyl groups is 2. The van der Waals surface area contributed by atoms with Crippen molar-refractivity contribution in [3.63, 3.8) is 0 Å². The van der Waals surface area contributed by atoms with Crippen LogP contribution in [0.5, 0.6) is 0 Å². The van der Waals surface area contributed by atoms with Gasteiger partial charge in [0.15, 0.2) is 0 Å². The van der Waals surface area contributed by atoms with Gasteiger partial charge in [0, 0.05) is 17.9 Å². The molecule has 0 radical (unpaired) electrons. The van der Waals surface area contributed by atoms with E-state index in [2.05, 4.69) is 63.7 Å². The average molecular weight is 542 g/mol. The molecule has 0 saturated heterocycles. The maximum atomic E-state index is 8.79. The maximum absolute atomic E-state index is 8.79. The van der Waals surface area contributed by atoms with Crippen molar-refractivity contribution in [2.75, 3.05) is 26.4 Å². The zero-order chi connectivity index (χ0) is 15.1. The van der Waals surface area contributed by atoms with Gasteiger partial charge in [-0.3, -0.25) is 0 Å². The Bertz CT molecular complexity index is 413. The molecule has 0 amide bonds. The molecular weight excluding hydrogens is 528 g/mol. The summed E-state index contributed by atoms with van der Waals surface area (Å²) < 4.78 is 14.3. The summed E-state index contributed by atoms with van der Waals surface area (Å²) >= 11 is 14.1. The number of hydrogen-bond donors (Lipinski definition) is 2. The Balaban J connectivity index is 3.08. The molecule has 8 heteroatoms. The number of hydrogen-bond acceptors (Lipinski definition) is 4. The van der Waals surface area contributed by atoms with Crippen molar-refractivity contribution in [3.8, 4) is 0 Å². The normalized spacial score (nSPS) is 11.1. The molecule has 0 aliphatic heterocycles. The first-order chi connectivity index (χ1) is 9.54. The van der Waals surface area contributed by atoms with Gasteiger partial charge in [0.05, 0.1) is 39.6 Å². The molecule has 0 bridgehead atoms. The predicted octanol–water partition coefficient (Wildman–Crippen LogP) is 3.75. The molecule has 20 heavy (non-hydrogen) atoms. The number of halogens is 4. The summed E-state index contributed by atoms with van der Waals surface area (Å²) in [5, 5.41) is 17.6. The van der Waals surface area contributed by atoms with E-state index in [0.29, 0.717) is 13.2 Å². The van der Waals surface area contributed by atoms with Crippen molar-refractivity contribution in [2.24, 2.45) is 0 Å². The lowest BCUT2D eigenvalue weighted by atomic mass is 10.1. The number of benzene rings is 1. The molecule has 0 unspecified atom stereocenters. The smallest absolute Gasteiger partial charge is 0.0733 e. The fourth-order valence-electron chi connectivity index (χ4n) is 1.50. The number of rotatable bonds is 8. The quantitative estimate of drug-likeness (QED) is 0.299. The van der Waals surface area contributed by atoms with Crippen LogP contribution >= 0.6 is 63.7 Å². The molecule has 1 aromatic carbocycles. The summed E-state index contributed by atoms with van der Waals surface area (Å²) in [6.45, 7) is 1.20. The third-order valence-electron chi connectivity index (χ3n) is 2.44. The third kappa shape index (κ3) is 5.01. The fourth-order valence-corrected chi connectivity index (χ4v) is 4.01. The molecule has 0 saturated carbocycles. The van der Waals surface area contributed by atoms with E-state index < -0.39 is 0 Å². The van der Waals surface area contributed by atoms with Crippen LogP contribution in [0.3, 0.4) is 0 Å². The highest BCUT2D eigenvalue weighted by molar-refractivity contribution is 9.15. The molecule has 0 atom stereocenters. The topological polar surface area (TPSA) is 58.9 Å². The van der Waals surface area contributed by atoms with Crippen molar-refractivity contribution in [1.29, 1.82) is 0 Å². The molecule has 0 aliphatic carbocycles. The Morgan fingerprint density at radius 2 is 1.00 bits per heavy atom. The average Bonchev–Trinajstić information content (AvgIpc) is 2.45. The Kier molecular flexibility index (Phi) is 9.41. The minimum Gasteiger partial charge on any atom is -0.394 e. The lowest BCUT2D eigenvalue weighted by molar-refractivity contribution is 0.0707. The monoisotopic (exact) mass is 538 g/mol. The lowest BCUT2D eigenvalue weighted by Crippen LogP contribution is -2.07. The van der Waals surface area contributed by atoms with Crippen molar-refractivity contribution >= 4 is 63.7 Å². The van der Waals surface area contributed by atoms with Gasteiger partial charge >= 0.3 is 0 Å². The molecule has 0 spiro atoms. The second-order valence-corrected chi connectivity index (χ2v) is 6.94. The summed E-state index contributed by atoms with van der Waals surface area (Å²) in [6.07, 6.45) is 0. The summed E-state index contributed by atoms with van der Waals surface area (Å²) in [6, 6.07) is 0. The van der Waals surface area contributed by atoms with Gasteiger partial charge in [-0.05, 0) is 74.8 Å². The molecule has 0 aliphatic rings. The van der Waals surface area contributed by atoms with Crippen LogP contribution in [-0.2, 0) is 22.7 Å². The maximum Gasteiger partial charge on any atom is 0.0733 e. The molecule has 2 N–H and O–H groups in total. The van der Waals surface area contributed by atoms with E-state index in [1.54, 1.807) is 0 Å². The molecule has 0 fully saturated rings. The van der Waals surface area contributed by atoms with Gasteiger partial charge in [0.25, 0.3) is 0 Å². The molecule has 0 heterocycles. The first kappa shape index (κ1) is 19.0. The zero-order valence-corrected chi connectivity index (χ0v) is 16.8. The van der Waals surface area contributed by atoms with Gasteiger partial charge in [0.1, 0.15) is 0 Å². The van der Waals surface area contributed by atoms with Crippen LogP contribution in [0, 0.1) is 0 Å². The highest BCUT2D eigenvalue weighted by Gasteiger charge is 2.19. The summed E-state index contributed by atoms with van der Waals surface area (Å²) in [4.78, 5) is 0. The van der Waals surface area contributed by atoms with E-state index in [4.69, 9.17) is 19.7 Å². The van der Waals surface area contributed by atoms with E-state index >= 15 is 0 Å². The first-order valence-corrected chi connectivity index (χ1v) is 8.92. The molecule has 1 rings (SSSR count). The summed E-state index contributed by atoms with van der Waals surface area (Å²) in [7, 11) is 0. The van der Waals surface area contributed by atoms with E-state index in [-0.39, 0.29) is 26.4 Å². The lowest BCUT2D eigenvalue weighted by Gasteiger charge is -2.17. The van der Waals surface area contributed by atoms with Gasteiger partial charge < -0.3 is 19.7 Å². The van der Waals surface area contributed by atoms with Crippen LogP contribution in [0.15, 0.2) is 17.9 Å². The van der Waals surface area contributed by atoms with Crippen molar-refractivity contribution in [2.45, 2.75) is 13.2 Å². The largest absolute Gasteiger partial charge is 0.394 e. The Hall–Kier alpha value is 0.980. The van der Waals surface area contributed by atoms with E-state index in [1.807, 2.05) is 0 Å². The molecule has 1 aromatic rings. The van der Waals surface area contributed by atoms with Crippen LogP contribution in [0.4, 0.5) is 0 Å². The van der Waals surface area contributed by atoms with Crippen LogP contribution in [0.1, 0.15) is 11.1 Å². The minimum atomic E-state index is -0.0210. The standard InChI is InChI=1S/C12H14Br4O4/c13-9-7(5-19-3-1-17)8(6-20-4-2-18)10(14)12(16)11(9)15/h17-18H,1-6H2. The van der Waals surface area contributed by atoms with E-state index in [1.165, 1.54) is 0 Å². The van der Waals surface area contributed by atoms with Gasteiger partial charge in [-0.25, -0.2) is 0 Å². The van der Waals surface area contributed by atoms with Gasteiger partial charge in [-0.1, -0.05) is 0 Å². The molecule has 0 aromatic heterocycles. The van der Waals surface area contributed by atoms with E-state index in [9.17, 15) is 0 Å². The Morgan fingerprint density at radius 1 is 0.650 bits per heavy atom. The second-order valence-electron chi connectivity index (χ2n) is 3.77. The Morgan fingerprint density at radius 3 is 1.30 bits per heavy atom. The van der Waals surface area contributed by atoms with Gasteiger partial charge in [-0.2, -0.15) is 0 Å². The van der Waals surface area contributed by atoms with Crippen molar-refractivity contribution < 1.29 is 19.7 Å². The molecular formula is C12H14Br4O4. The van der Waals surface area contributed by atoms with Gasteiger partial charge in [0.2, 0.25) is 0 Å². The van der Waals surface area contributed by atoms with Crippen molar-refractivity contribution in [3.05, 3.63) is 29.0 Å². The third-order valence-corrected chi connectivity index (χ3v) is 7.37. The predicted molar refractivity (Wildman–Crippen MR) is 90.7 cm³/mol. The van der Waals surface area contributed by atoms with E-state index in [0.717, 1.165) is 29.0 Å². The van der Waals surface area contributed by atoms with Crippen LogP contribution in [0.25, 0.3) is 0 Å². The number of ether oxygens (including phenoxy) is 2. The summed E-state index contributed by atoms with van der Waals surface area (Å²) in [5.74, 6) is 0. The summed E-state index contributed by atoms with van der Waals surface area (Å²) in [5.41, 5.74) is 1.86. The minimum absolute atomic E-state index is 0.0210. The molecule has 114 valence electrons. The Labute approximate surface area is 151 Å². The second kappa shape index (κ2) is 9.89. The SMILES string of the molecule is OCCOCc1c(Br)c(Br)c(Br)c(Br)c1COCCO. The van der Waals surface area contributed by atoms with Crippen LogP contribution in [0.2, 0.25) is 0 Å². The molecule has 4 nitrogen and oxygen atoms in total. The zero-order valence-electron chi connectivity index (χ0n) is 10.5. The van der Waals surface area contributed by atoms with Crippen LogP contribution < -0.4 is 0 Å². The van der Waals surface area contributed by atoms with Crippen molar-refractivity contribution in [1.82, 2.24) is 0 Å².